The third-order valence-corrected chi connectivity index (χ3v) is 7.89. The number of benzene rings is 1. The van der Waals surface area contributed by atoms with E-state index < -0.39 is 0 Å². The molecule has 0 spiro atoms. The number of aliphatic hydroxyl groups excluding tert-OH is 1. The fraction of sp³-hybridized carbons (Fsp3) is 0.677. The summed E-state index contributed by atoms with van der Waals surface area (Å²) in [5.41, 5.74) is 2.52. The number of aliphatic hydroxyl groups is 1. The van der Waals surface area contributed by atoms with Gasteiger partial charge in [0.05, 0.1) is 6.61 Å². The van der Waals surface area contributed by atoms with E-state index in [1.54, 1.807) is 0 Å². The first-order chi connectivity index (χ1) is 19.6. The average molecular weight is 553 g/mol. The maximum atomic E-state index is 9.25. The number of nitrogens with zero attached hydrogens (tertiary/aromatic N) is 4. The SMILES string of the molecule is CC(C)CNc1cc(N2CCN(CCO)CC2)nc(NCc2ccc(CNCCCNC3CCCCC3)cc2)n1. The molecule has 9 nitrogen and oxygen atoms in total. The van der Waals surface area contributed by atoms with E-state index in [0.717, 1.165) is 76.6 Å². The number of aromatic nitrogens is 2. The Bertz CT molecular complexity index is 972. The summed E-state index contributed by atoms with van der Waals surface area (Å²) >= 11 is 0. The van der Waals surface area contributed by atoms with Crippen molar-refractivity contribution in [1.29, 1.82) is 0 Å². The van der Waals surface area contributed by atoms with Gasteiger partial charge in [-0.25, -0.2) is 0 Å². The lowest BCUT2D eigenvalue weighted by atomic mass is 9.95. The summed E-state index contributed by atoms with van der Waals surface area (Å²) in [7, 11) is 0. The highest BCUT2D eigenvalue weighted by Gasteiger charge is 2.19. The molecule has 0 atom stereocenters. The number of hydrogen-bond acceptors (Lipinski definition) is 9. The quantitative estimate of drug-likeness (QED) is 0.200. The van der Waals surface area contributed by atoms with Crippen LogP contribution in [0, 0.1) is 5.92 Å². The second-order valence-corrected chi connectivity index (χ2v) is 11.8. The zero-order valence-electron chi connectivity index (χ0n) is 24.8. The summed E-state index contributed by atoms with van der Waals surface area (Å²) in [6, 6.07) is 11.6. The third kappa shape index (κ3) is 10.5. The van der Waals surface area contributed by atoms with Crippen LogP contribution < -0.4 is 26.2 Å². The minimum absolute atomic E-state index is 0.209. The Balaban J connectivity index is 1.23. The van der Waals surface area contributed by atoms with Gasteiger partial charge in [-0.3, -0.25) is 4.90 Å². The number of anilines is 3. The minimum atomic E-state index is 0.209. The van der Waals surface area contributed by atoms with Gasteiger partial charge in [-0.1, -0.05) is 57.4 Å². The molecule has 1 saturated heterocycles. The molecule has 1 aromatic carbocycles. The van der Waals surface area contributed by atoms with Crippen LogP contribution in [-0.4, -0.2) is 85.0 Å². The molecular weight excluding hydrogens is 500 g/mol. The van der Waals surface area contributed by atoms with Gasteiger partial charge in [-0.05, 0) is 49.4 Å². The van der Waals surface area contributed by atoms with Gasteiger partial charge in [0.25, 0.3) is 0 Å². The summed E-state index contributed by atoms with van der Waals surface area (Å²) in [5.74, 6) is 2.98. The van der Waals surface area contributed by atoms with E-state index in [4.69, 9.17) is 9.97 Å². The van der Waals surface area contributed by atoms with Crippen molar-refractivity contribution in [3.63, 3.8) is 0 Å². The number of rotatable bonds is 16. The maximum Gasteiger partial charge on any atom is 0.226 e. The van der Waals surface area contributed by atoms with Gasteiger partial charge in [0.2, 0.25) is 5.95 Å². The topological polar surface area (TPSA) is 101 Å². The van der Waals surface area contributed by atoms with Gasteiger partial charge in [0.15, 0.2) is 0 Å². The summed E-state index contributed by atoms with van der Waals surface area (Å²) in [6.45, 7) is 13.6. The molecule has 0 amide bonds. The Morgan fingerprint density at radius 3 is 2.33 bits per heavy atom. The molecule has 0 unspecified atom stereocenters. The van der Waals surface area contributed by atoms with E-state index >= 15 is 0 Å². The molecule has 2 fully saturated rings. The van der Waals surface area contributed by atoms with Crippen molar-refractivity contribution >= 4 is 17.6 Å². The smallest absolute Gasteiger partial charge is 0.226 e. The molecule has 0 radical (unpaired) electrons. The van der Waals surface area contributed by atoms with Crippen LogP contribution in [0.2, 0.25) is 0 Å². The largest absolute Gasteiger partial charge is 0.395 e. The molecule has 1 aliphatic heterocycles. The lowest BCUT2D eigenvalue weighted by Gasteiger charge is -2.35. The predicted octanol–water partition coefficient (Wildman–Crippen LogP) is 3.67. The summed E-state index contributed by atoms with van der Waals surface area (Å²) in [4.78, 5) is 14.2. The van der Waals surface area contributed by atoms with Crippen LogP contribution in [0.15, 0.2) is 30.3 Å². The second kappa shape index (κ2) is 16.7. The van der Waals surface area contributed by atoms with Crippen LogP contribution in [0.3, 0.4) is 0 Å². The lowest BCUT2D eigenvalue weighted by molar-refractivity contribution is 0.188. The van der Waals surface area contributed by atoms with E-state index in [-0.39, 0.29) is 6.61 Å². The molecule has 5 N–H and O–H groups in total. The first kappa shape index (κ1) is 30.5. The van der Waals surface area contributed by atoms with Crippen LogP contribution in [-0.2, 0) is 13.1 Å². The molecule has 1 aromatic heterocycles. The molecule has 222 valence electrons. The summed E-state index contributed by atoms with van der Waals surface area (Å²) in [5, 5.41) is 23.5. The zero-order chi connectivity index (χ0) is 28.0. The van der Waals surface area contributed by atoms with Crippen molar-refractivity contribution < 1.29 is 5.11 Å². The number of piperazine rings is 1. The second-order valence-electron chi connectivity index (χ2n) is 11.8. The molecule has 40 heavy (non-hydrogen) atoms. The van der Waals surface area contributed by atoms with Crippen LogP contribution >= 0.6 is 0 Å². The number of hydrogen-bond donors (Lipinski definition) is 5. The van der Waals surface area contributed by atoms with E-state index in [2.05, 4.69) is 75.2 Å². The highest BCUT2D eigenvalue weighted by atomic mass is 16.3. The van der Waals surface area contributed by atoms with Crippen molar-refractivity contribution in [2.75, 3.05) is 74.5 Å². The van der Waals surface area contributed by atoms with Gasteiger partial charge in [0.1, 0.15) is 11.6 Å². The highest BCUT2D eigenvalue weighted by molar-refractivity contribution is 5.54. The predicted molar refractivity (Wildman–Crippen MR) is 166 cm³/mol. The van der Waals surface area contributed by atoms with Gasteiger partial charge >= 0.3 is 0 Å². The Labute approximate surface area is 241 Å². The summed E-state index contributed by atoms with van der Waals surface area (Å²) in [6.07, 6.45) is 8.07. The normalized spacial score (nSPS) is 16.9. The molecule has 1 aliphatic carbocycles. The Morgan fingerprint density at radius 1 is 0.900 bits per heavy atom. The molecular formula is C31H52N8O. The minimum Gasteiger partial charge on any atom is -0.395 e. The molecule has 2 aliphatic rings. The Kier molecular flexibility index (Phi) is 12.7. The molecule has 0 bridgehead atoms. The Morgan fingerprint density at radius 2 is 1.62 bits per heavy atom. The Hall–Kier alpha value is -2.46. The molecule has 2 aromatic rings. The fourth-order valence-electron chi connectivity index (χ4n) is 5.43. The van der Waals surface area contributed by atoms with Crippen LogP contribution in [0.25, 0.3) is 0 Å². The molecule has 2 heterocycles. The van der Waals surface area contributed by atoms with Crippen molar-refractivity contribution in [3.05, 3.63) is 41.5 Å². The molecule has 9 heteroatoms. The lowest BCUT2D eigenvalue weighted by Crippen LogP contribution is -2.47. The first-order valence-corrected chi connectivity index (χ1v) is 15.6. The highest BCUT2D eigenvalue weighted by Crippen LogP contribution is 2.21. The van der Waals surface area contributed by atoms with Crippen molar-refractivity contribution in [3.8, 4) is 0 Å². The van der Waals surface area contributed by atoms with Gasteiger partial charge < -0.3 is 31.3 Å². The maximum absolute atomic E-state index is 9.25. The molecule has 1 saturated carbocycles. The van der Waals surface area contributed by atoms with Gasteiger partial charge in [-0.15, -0.1) is 0 Å². The number of β-amino-alcohol motifs (C(OH)–C–C–N with tert-alkyl or cyclic N) is 1. The number of nitrogens with one attached hydrogen (secondary N) is 4. The zero-order valence-corrected chi connectivity index (χ0v) is 24.8. The molecule has 4 rings (SSSR count). The van der Waals surface area contributed by atoms with Crippen molar-refractivity contribution in [2.45, 2.75) is 71.5 Å². The van der Waals surface area contributed by atoms with E-state index in [9.17, 15) is 5.11 Å². The van der Waals surface area contributed by atoms with E-state index in [1.807, 2.05) is 0 Å². The van der Waals surface area contributed by atoms with Gasteiger partial charge in [-0.2, -0.15) is 9.97 Å². The van der Waals surface area contributed by atoms with E-state index in [0.29, 0.717) is 18.4 Å². The fourth-order valence-corrected chi connectivity index (χ4v) is 5.43. The average Bonchev–Trinajstić information content (AvgIpc) is 2.98. The third-order valence-electron chi connectivity index (χ3n) is 7.89. The van der Waals surface area contributed by atoms with Crippen LogP contribution in [0.4, 0.5) is 17.6 Å². The monoisotopic (exact) mass is 552 g/mol. The van der Waals surface area contributed by atoms with E-state index in [1.165, 1.54) is 49.7 Å². The van der Waals surface area contributed by atoms with Gasteiger partial charge in [0, 0.05) is 64.5 Å². The van der Waals surface area contributed by atoms with Crippen LogP contribution in [0.1, 0.15) is 63.5 Å². The first-order valence-electron chi connectivity index (χ1n) is 15.6. The van der Waals surface area contributed by atoms with Crippen LogP contribution in [0.5, 0.6) is 0 Å². The van der Waals surface area contributed by atoms with Crippen molar-refractivity contribution in [1.82, 2.24) is 25.5 Å². The van der Waals surface area contributed by atoms with Crippen molar-refractivity contribution in [2.24, 2.45) is 5.92 Å². The summed E-state index contributed by atoms with van der Waals surface area (Å²) < 4.78 is 0. The standard InChI is InChI=1S/C31H52N8O/c1-25(2)22-34-29-21-30(39-17-15-38(16-18-39)19-20-40)37-31(36-29)35-24-27-11-9-26(10-12-27)23-32-13-6-14-33-28-7-4-3-5-8-28/h9-12,21,25,28,32-33,40H,3-8,13-20,22-24H2,1-2H3,(H2,34,35,36,37).